The number of fused-ring (bicyclic) bond motifs is 5. The summed E-state index contributed by atoms with van der Waals surface area (Å²) in [6.45, 7) is 18.6. The van der Waals surface area contributed by atoms with Crippen LogP contribution in [0.15, 0.2) is 0 Å². The topological polar surface area (TPSA) is 82.3 Å². The summed E-state index contributed by atoms with van der Waals surface area (Å²) in [5.41, 5.74) is 6.43. The fraction of sp³-hybridized carbons (Fsp3) is 1.00. The van der Waals surface area contributed by atoms with E-state index in [-0.39, 0.29) is 6.10 Å². The minimum absolute atomic E-state index is 0.0795. The number of aliphatic hydroxyl groups excluding tert-OH is 1. The number of rotatable bonds is 16. The summed E-state index contributed by atoms with van der Waals surface area (Å²) in [7, 11) is 0. The zero-order chi connectivity index (χ0) is 28.8. The Labute approximate surface area is 248 Å². The molecule has 4 rings (SSSR count). The summed E-state index contributed by atoms with van der Waals surface area (Å²) in [5.74, 6) is 5.24. The second kappa shape index (κ2) is 15.0. The smallest absolute Gasteiger partial charge is 0.0577 e. The van der Waals surface area contributed by atoms with Crippen molar-refractivity contribution in [3.05, 3.63) is 0 Å². The Kier molecular flexibility index (Phi) is 12.3. The van der Waals surface area contributed by atoms with Crippen LogP contribution in [0.2, 0.25) is 0 Å². The van der Waals surface area contributed by atoms with E-state index < -0.39 is 0 Å². The van der Waals surface area contributed by atoms with E-state index in [0.717, 1.165) is 81.7 Å². The van der Waals surface area contributed by atoms with Crippen LogP contribution < -0.4 is 21.7 Å². The van der Waals surface area contributed by atoms with E-state index in [0.29, 0.717) is 28.7 Å². The van der Waals surface area contributed by atoms with Gasteiger partial charge in [-0.05, 0) is 143 Å². The quantitative estimate of drug-likeness (QED) is 0.151. The van der Waals surface area contributed by atoms with Crippen LogP contribution in [-0.2, 0) is 0 Å². The summed E-state index contributed by atoms with van der Waals surface area (Å²) >= 11 is 0. The summed E-state index contributed by atoms with van der Waals surface area (Å²) in [4.78, 5) is 0. The van der Waals surface area contributed by atoms with Gasteiger partial charge in [0.1, 0.15) is 0 Å². The molecule has 0 aromatic heterocycles. The van der Waals surface area contributed by atoms with E-state index in [9.17, 15) is 5.11 Å². The Hall–Kier alpha value is -0.200. The fourth-order valence-corrected chi connectivity index (χ4v) is 10.6. The van der Waals surface area contributed by atoms with Gasteiger partial charge in [0, 0.05) is 19.1 Å². The van der Waals surface area contributed by atoms with Crippen molar-refractivity contribution in [2.24, 2.45) is 58.0 Å². The highest BCUT2D eigenvalue weighted by atomic mass is 16.3. The molecule has 234 valence electrons. The predicted octanol–water partition coefficient (Wildman–Crippen LogP) is 5.95. The maximum absolute atomic E-state index is 11.8. The number of hydrogen-bond acceptors (Lipinski definition) is 5. The summed E-state index contributed by atoms with van der Waals surface area (Å²) in [5, 5.41) is 22.7. The van der Waals surface area contributed by atoms with Gasteiger partial charge in [-0.1, -0.05) is 53.9 Å². The molecule has 5 nitrogen and oxygen atoms in total. The first-order valence-electron chi connectivity index (χ1n) is 17.7. The molecule has 4 unspecified atom stereocenters. The van der Waals surface area contributed by atoms with E-state index in [1.54, 1.807) is 0 Å². The molecule has 0 saturated heterocycles. The highest BCUT2D eigenvalue weighted by molar-refractivity contribution is 5.12. The third kappa shape index (κ3) is 7.47. The first-order valence-corrected chi connectivity index (χ1v) is 17.7. The maximum atomic E-state index is 11.8. The second-order valence-electron chi connectivity index (χ2n) is 15.7. The van der Waals surface area contributed by atoms with Gasteiger partial charge in [0.05, 0.1) is 6.10 Å². The first-order chi connectivity index (χ1) is 19.2. The molecule has 5 heteroatoms. The Morgan fingerprint density at radius 3 is 2.20 bits per heavy atom. The molecule has 0 radical (unpaired) electrons. The second-order valence-corrected chi connectivity index (χ2v) is 15.7. The van der Waals surface area contributed by atoms with Gasteiger partial charge in [0.25, 0.3) is 0 Å². The largest absolute Gasteiger partial charge is 0.393 e. The maximum Gasteiger partial charge on any atom is 0.0577 e. The van der Waals surface area contributed by atoms with E-state index in [1.165, 1.54) is 70.6 Å². The molecule has 4 fully saturated rings. The van der Waals surface area contributed by atoms with Crippen molar-refractivity contribution in [3.63, 3.8) is 0 Å². The van der Waals surface area contributed by atoms with E-state index in [2.05, 4.69) is 50.6 Å². The van der Waals surface area contributed by atoms with Crippen LogP contribution in [0.5, 0.6) is 0 Å². The molecule has 6 N–H and O–H groups in total. The minimum Gasteiger partial charge on any atom is -0.393 e. The van der Waals surface area contributed by atoms with Crippen LogP contribution in [0.3, 0.4) is 0 Å². The lowest BCUT2D eigenvalue weighted by Gasteiger charge is -2.62. The SMILES string of the molecule is CC(C)CCC[C@H](C)C1CCC2C3C(CC[C@@]21C)[C@@]1(C)CC[C@H](NCCCNCCNCCCN)C[C@@H]1C[C@H]3O. The Morgan fingerprint density at radius 2 is 1.48 bits per heavy atom. The van der Waals surface area contributed by atoms with Gasteiger partial charge in [-0.3, -0.25) is 0 Å². The molecule has 0 spiro atoms. The van der Waals surface area contributed by atoms with Crippen LogP contribution in [0.4, 0.5) is 0 Å². The Balaban J connectivity index is 1.24. The fourth-order valence-electron chi connectivity index (χ4n) is 10.6. The molecule has 0 heterocycles. The number of nitrogens with one attached hydrogen (secondary N) is 3. The third-order valence-electron chi connectivity index (χ3n) is 12.9. The Bertz CT molecular complexity index is 747. The van der Waals surface area contributed by atoms with Gasteiger partial charge in [0.15, 0.2) is 0 Å². The Morgan fingerprint density at radius 1 is 0.775 bits per heavy atom. The van der Waals surface area contributed by atoms with Crippen LogP contribution >= 0.6 is 0 Å². The predicted molar refractivity (Wildman–Crippen MR) is 170 cm³/mol. The highest BCUT2D eigenvalue weighted by Crippen LogP contribution is 2.68. The molecular weight excluding hydrogens is 492 g/mol. The van der Waals surface area contributed by atoms with Crippen molar-refractivity contribution in [1.82, 2.24) is 16.0 Å². The molecule has 0 bridgehead atoms. The molecule has 4 aliphatic rings. The number of hydrogen-bond donors (Lipinski definition) is 5. The van der Waals surface area contributed by atoms with Gasteiger partial charge < -0.3 is 26.8 Å². The highest BCUT2D eigenvalue weighted by Gasteiger charge is 2.62. The standard InChI is InChI=1S/C35H68N4O/c1-25(2)9-6-10-26(3)29-11-12-30-33-31(14-16-35(29,30)5)34(4)15-13-28(23-27(34)24-32(33)40)39-20-8-19-38-22-21-37-18-7-17-36/h25-33,37-40H,6-24,36H2,1-5H3/t26-,27+,28-,29?,30?,31?,32+,33?,34-,35+/m0/s1. The lowest BCUT2D eigenvalue weighted by Crippen LogP contribution is -2.59. The summed E-state index contributed by atoms with van der Waals surface area (Å²) in [6, 6.07) is 0.635. The monoisotopic (exact) mass is 561 g/mol. The molecule has 0 aliphatic heterocycles. The van der Waals surface area contributed by atoms with Crippen molar-refractivity contribution >= 4 is 0 Å². The van der Waals surface area contributed by atoms with Crippen molar-refractivity contribution in [2.45, 2.75) is 130 Å². The molecule has 10 atom stereocenters. The van der Waals surface area contributed by atoms with Gasteiger partial charge in [-0.25, -0.2) is 0 Å². The molecule has 0 amide bonds. The van der Waals surface area contributed by atoms with Crippen molar-refractivity contribution < 1.29 is 5.11 Å². The molecule has 4 saturated carbocycles. The zero-order valence-corrected chi connectivity index (χ0v) is 27.2. The van der Waals surface area contributed by atoms with Gasteiger partial charge >= 0.3 is 0 Å². The molecule has 0 aromatic rings. The van der Waals surface area contributed by atoms with Gasteiger partial charge in [0.2, 0.25) is 0 Å². The number of aliphatic hydroxyl groups is 1. The average molecular weight is 561 g/mol. The third-order valence-corrected chi connectivity index (χ3v) is 12.9. The van der Waals surface area contributed by atoms with E-state index in [1.807, 2.05) is 0 Å². The number of nitrogens with two attached hydrogens (primary N) is 1. The van der Waals surface area contributed by atoms with Gasteiger partial charge in [-0.2, -0.15) is 0 Å². The molecular formula is C35H68N4O. The molecule has 0 aromatic carbocycles. The lowest BCUT2D eigenvalue weighted by molar-refractivity contribution is -0.167. The summed E-state index contributed by atoms with van der Waals surface area (Å²) < 4.78 is 0. The van der Waals surface area contributed by atoms with Crippen LogP contribution in [-0.4, -0.2) is 56.5 Å². The van der Waals surface area contributed by atoms with Crippen LogP contribution in [0, 0.1) is 52.3 Å². The van der Waals surface area contributed by atoms with Crippen molar-refractivity contribution in [1.29, 1.82) is 0 Å². The van der Waals surface area contributed by atoms with Crippen LogP contribution in [0.1, 0.15) is 118 Å². The zero-order valence-electron chi connectivity index (χ0n) is 27.2. The van der Waals surface area contributed by atoms with Crippen molar-refractivity contribution in [2.75, 3.05) is 39.3 Å². The van der Waals surface area contributed by atoms with E-state index >= 15 is 0 Å². The van der Waals surface area contributed by atoms with E-state index in [4.69, 9.17) is 5.73 Å². The first kappa shape index (κ1) is 32.7. The normalized spacial score (nSPS) is 40.0. The van der Waals surface area contributed by atoms with Gasteiger partial charge in [-0.15, -0.1) is 0 Å². The average Bonchev–Trinajstić information content (AvgIpc) is 3.27. The molecule has 40 heavy (non-hydrogen) atoms. The molecule has 4 aliphatic carbocycles. The van der Waals surface area contributed by atoms with Crippen LogP contribution in [0.25, 0.3) is 0 Å². The van der Waals surface area contributed by atoms with Crippen molar-refractivity contribution in [3.8, 4) is 0 Å². The lowest BCUT2D eigenvalue weighted by atomic mass is 9.43. The minimum atomic E-state index is -0.0795. The summed E-state index contributed by atoms with van der Waals surface area (Å²) in [6.07, 6.45) is 16.9.